The molecule has 2 heteroatoms. The number of anilines is 1. The Labute approximate surface area is 84.2 Å². The van der Waals surface area contributed by atoms with Crippen LogP contribution in [-0.2, 0) is 0 Å². The molecule has 70 valence electrons. The SMILES string of the molecule is C=C(C)CNc1cccc(SC)c1. The summed E-state index contributed by atoms with van der Waals surface area (Å²) >= 11 is 1.75. The zero-order valence-corrected chi connectivity index (χ0v) is 8.95. The molecule has 1 aromatic rings. The second-order valence-corrected chi connectivity index (χ2v) is 3.92. The van der Waals surface area contributed by atoms with Crippen LogP contribution < -0.4 is 5.32 Å². The predicted molar refractivity (Wildman–Crippen MR) is 61.5 cm³/mol. The van der Waals surface area contributed by atoms with Crippen LogP contribution in [-0.4, -0.2) is 12.8 Å². The van der Waals surface area contributed by atoms with Gasteiger partial charge in [-0.1, -0.05) is 18.2 Å². The van der Waals surface area contributed by atoms with Gasteiger partial charge in [0, 0.05) is 17.1 Å². The van der Waals surface area contributed by atoms with E-state index in [0.717, 1.165) is 17.8 Å². The fourth-order valence-corrected chi connectivity index (χ4v) is 1.45. The van der Waals surface area contributed by atoms with Crippen LogP contribution in [0.15, 0.2) is 41.3 Å². The number of hydrogen-bond acceptors (Lipinski definition) is 2. The van der Waals surface area contributed by atoms with Gasteiger partial charge >= 0.3 is 0 Å². The first-order valence-corrected chi connectivity index (χ1v) is 5.47. The van der Waals surface area contributed by atoms with Gasteiger partial charge in [-0.25, -0.2) is 0 Å². The summed E-state index contributed by atoms with van der Waals surface area (Å²) in [7, 11) is 0. The van der Waals surface area contributed by atoms with Gasteiger partial charge in [0.15, 0.2) is 0 Å². The fraction of sp³-hybridized carbons (Fsp3) is 0.273. The van der Waals surface area contributed by atoms with Crippen molar-refractivity contribution in [2.24, 2.45) is 0 Å². The van der Waals surface area contributed by atoms with Crippen LogP contribution in [0, 0.1) is 0 Å². The highest BCUT2D eigenvalue weighted by Gasteiger charge is 1.93. The number of nitrogens with one attached hydrogen (secondary N) is 1. The van der Waals surface area contributed by atoms with Crippen LogP contribution in [0.1, 0.15) is 6.92 Å². The van der Waals surface area contributed by atoms with Crippen molar-refractivity contribution in [2.45, 2.75) is 11.8 Å². The third kappa shape index (κ3) is 3.55. The number of hydrogen-bond donors (Lipinski definition) is 1. The second-order valence-electron chi connectivity index (χ2n) is 3.04. The van der Waals surface area contributed by atoms with E-state index in [4.69, 9.17) is 0 Å². The highest BCUT2D eigenvalue weighted by Crippen LogP contribution is 2.18. The van der Waals surface area contributed by atoms with E-state index < -0.39 is 0 Å². The molecule has 0 aromatic heterocycles. The number of benzene rings is 1. The molecule has 1 aromatic carbocycles. The topological polar surface area (TPSA) is 12.0 Å². The first kappa shape index (κ1) is 10.2. The molecule has 0 fully saturated rings. The van der Waals surface area contributed by atoms with Gasteiger partial charge in [-0.15, -0.1) is 11.8 Å². The summed E-state index contributed by atoms with van der Waals surface area (Å²) < 4.78 is 0. The molecular weight excluding hydrogens is 178 g/mol. The van der Waals surface area contributed by atoms with E-state index in [0.29, 0.717) is 0 Å². The molecule has 0 heterocycles. The first-order valence-electron chi connectivity index (χ1n) is 4.24. The Morgan fingerprint density at radius 1 is 1.54 bits per heavy atom. The molecule has 0 amide bonds. The lowest BCUT2D eigenvalue weighted by molar-refractivity contribution is 1.21. The van der Waals surface area contributed by atoms with Gasteiger partial charge in [0.25, 0.3) is 0 Å². The van der Waals surface area contributed by atoms with Crippen LogP contribution in [0.3, 0.4) is 0 Å². The van der Waals surface area contributed by atoms with Crippen molar-refractivity contribution in [2.75, 3.05) is 18.1 Å². The Hall–Kier alpha value is -0.890. The van der Waals surface area contributed by atoms with E-state index >= 15 is 0 Å². The summed E-state index contributed by atoms with van der Waals surface area (Å²) in [4.78, 5) is 1.28. The van der Waals surface area contributed by atoms with Crippen molar-refractivity contribution in [1.29, 1.82) is 0 Å². The first-order chi connectivity index (χ1) is 6.22. The summed E-state index contributed by atoms with van der Waals surface area (Å²) in [6, 6.07) is 8.39. The normalized spacial score (nSPS) is 9.69. The molecule has 0 aliphatic carbocycles. The Kier molecular flexibility index (Phi) is 3.90. The summed E-state index contributed by atoms with van der Waals surface area (Å²) in [6.07, 6.45) is 2.08. The molecule has 0 saturated heterocycles. The summed E-state index contributed by atoms with van der Waals surface area (Å²) in [6.45, 7) is 6.71. The molecule has 13 heavy (non-hydrogen) atoms. The van der Waals surface area contributed by atoms with E-state index in [9.17, 15) is 0 Å². The largest absolute Gasteiger partial charge is 0.381 e. The molecule has 0 radical (unpaired) electrons. The maximum Gasteiger partial charge on any atom is 0.0354 e. The lowest BCUT2D eigenvalue weighted by Gasteiger charge is -2.06. The maximum atomic E-state index is 3.85. The van der Waals surface area contributed by atoms with Crippen molar-refractivity contribution >= 4 is 17.4 Å². The fourth-order valence-electron chi connectivity index (χ4n) is 0.986. The average Bonchev–Trinajstić information content (AvgIpc) is 2.15. The Morgan fingerprint density at radius 2 is 2.31 bits per heavy atom. The lowest BCUT2D eigenvalue weighted by Crippen LogP contribution is -2.01. The van der Waals surface area contributed by atoms with E-state index in [1.807, 2.05) is 6.92 Å². The van der Waals surface area contributed by atoms with E-state index in [-0.39, 0.29) is 0 Å². The van der Waals surface area contributed by atoms with Gasteiger partial charge in [-0.3, -0.25) is 0 Å². The highest BCUT2D eigenvalue weighted by molar-refractivity contribution is 7.98. The maximum absolute atomic E-state index is 3.85. The monoisotopic (exact) mass is 193 g/mol. The number of thioether (sulfide) groups is 1. The quantitative estimate of drug-likeness (QED) is 0.581. The van der Waals surface area contributed by atoms with Crippen molar-refractivity contribution in [3.8, 4) is 0 Å². The van der Waals surface area contributed by atoms with Crippen LogP contribution in [0.5, 0.6) is 0 Å². The predicted octanol–water partition coefficient (Wildman–Crippen LogP) is 3.40. The van der Waals surface area contributed by atoms with E-state index in [1.165, 1.54) is 4.90 Å². The van der Waals surface area contributed by atoms with E-state index in [2.05, 4.69) is 42.4 Å². The second kappa shape index (κ2) is 4.97. The smallest absolute Gasteiger partial charge is 0.0354 e. The van der Waals surface area contributed by atoms with Gasteiger partial charge in [0.2, 0.25) is 0 Å². The van der Waals surface area contributed by atoms with Crippen molar-refractivity contribution in [3.05, 3.63) is 36.4 Å². The van der Waals surface area contributed by atoms with Gasteiger partial charge in [-0.05, 0) is 31.4 Å². The lowest BCUT2D eigenvalue weighted by atomic mass is 10.3. The Balaban J connectivity index is 2.61. The zero-order chi connectivity index (χ0) is 9.68. The molecule has 1 N–H and O–H groups in total. The molecule has 0 unspecified atom stereocenters. The van der Waals surface area contributed by atoms with Gasteiger partial charge in [-0.2, -0.15) is 0 Å². The van der Waals surface area contributed by atoms with Crippen LogP contribution in [0.25, 0.3) is 0 Å². The summed E-state index contributed by atoms with van der Waals surface area (Å²) in [5.74, 6) is 0. The average molecular weight is 193 g/mol. The van der Waals surface area contributed by atoms with Crippen molar-refractivity contribution in [3.63, 3.8) is 0 Å². The van der Waals surface area contributed by atoms with Gasteiger partial charge in [0.05, 0.1) is 0 Å². The molecule has 1 rings (SSSR count). The Bertz CT molecular complexity index is 294. The molecule has 0 spiro atoms. The molecular formula is C11H15NS. The summed E-state index contributed by atoms with van der Waals surface area (Å²) in [5, 5.41) is 3.31. The standard InChI is InChI=1S/C11H15NS/c1-9(2)8-12-10-5-4-6-11(7-10)13-3/h4-7,12H,1,8H2,2-3H3. The third-order valence-corrected chi connectivity index (χ3v) is 2.39. The van der Waals surface area contributed by atoms with Crippen LogP contribution in [0.2, 0.25) is 0 Å². The van der Waals surface area contributed by atoms with Crippen LogP contribution in [0.4, 0.5) is 5.69 Å². The summed E-state index contributed by atoms with van der Waals surface area (Å²) in [5.41, 5.74) is 2.31. The minimum absolute atomic E-state index is 0.845. The molecule has 0 saturated carbocycles. The van der Waals surface area contributed by atoms with Gasteiger partial charge < -0.3 is 5.32 Å². The van der Waals surface area contributed by atoms with Gasteiger partial charge in [0.1, 0.15) is 0 Å². The zero-order valence-electron chi connectivity index (χ0n) is 8.13. The number of rotatable bonds is 4. The molecule has 0 bridgehead atoms. The Morgan fingerprint density at radius 3 is 2.92 bits per heavy atom. The van der Waals surface area contributed by atoms with Crippen molar-refractivity contribution in [1.82, 2.24) is 0 Å². The van der Waals surface area contributed by atoms with Crippen molar-refractivity contribution < 1.29 is 0 Å². The molecule has 0 atom stereocenters. The van der Waals surface area contributed by atoms with Crippen LogP contribution >= 0.6 is 11.8 Å². The minimum Gasteiger partial charge on any atom is -0.381 e. The molecule has 1 nitrogen and oxygen atoms in total. The van der Waals surface area contributed by atoms with E-state index in [1.54, 1.807) is 11.8 Å². The minimum atomic E-state index is 0.845. The highest BCUT2D eigenvalue weighted by atomic mass is 32.2. The molecule has 0 aliphatic rings. The molecule has 0 aliphatic heterocycles. The third-order valence-electron chi connectivity index (χ3n) is 1.66.